The molecule has 68 valence electrons. The molecule has 0 spiro atoms. The van der Waals surface area contributed by atoms with Crippen molar-refractivity contribution in [2.45, 2.75) is 0 Å². The van der Waals surface area contributed by atoms with Crippen molar-refractivity contribution in [3.05, 3.63) is 42.0 Å². The first-order chi connectivity index (χ1) is 6.93. The Morgan fingerprint density at radius 2 is 2.29 bits per heavy atom. The van der Waals surface area contributed by atoms with Crippen molar-refractivity contribution in [1.82, 2.24) is 9.97 Å². The first-order valence-corrected chi connectivity index (χ1v) is 5.28. The highest BCUT2D eigenvalue weighted by atomic mass is 32.1. The van der Waals surface area contributed by atoms with Gasteiger partial charge in [0.1, 0.15) is 5.65 Å². The summed E-state index contributed by atoms with van der Waals surface area (Å²) < 4.78 is 0. The third kappa shape index (κ3) is 1.14. The van der Waals surface area contributed by atoms with Crippen LogP contribution in [0.15, 0.2) is 42.0 Å². The van der Waals surface area contributed by atoms with E-state index >= 15 is 0 Å². The molecular weight excluding hydrogens is 192 g/mol. The SMILES string of the molecule is c1csc(-c2cnc3[nH]ccc3c2)c1. The summed E-state index contributed by atoms with van der Waals surface area (Å²) in [6.45, 7) is 0. The van der Waals surface area contributed by atoms with Gasteiger partial charge in [-0.1, -0.05) is 6.07 Å². The van der Waals surface area contributed by atoms with E-state index in [4.69, 9.17) is 0 Å². The van der Waals surface area contributed by atoms with E-state index in [-0.39, 0.29) is 0 Å². The van der Waals surface area contributed by atoms with Crippen LogP contribution >= 0.6 is 11.3 Å². The van der Waals surface area contributed by atoms with Crippen molar-refractivity contribution < 1.29 is 0 Å². The first kappa shape index (κ1) is 7.76. The van der Waals surface area contributed by atoms with Crippen LogP contribution in [0.4, 0.5) is 0 Å². The van der Waals surface area contributed by atoms with Crippen LogP contribution in [0, 0.1) is 0 Å². The van der Waals surface area contributed by atoms with Crippen molar-refractivity contribution in [3.8, 4) is 10.4 Å². The molecule has 0 amide bonds. The quantitative estimate of drug-likeness (QED) is 0.641. The zero-order chi connectivity index (χ0) is 9.38. The molecule has 0 radical (unpaired) electrons. The highest BCUT2D eigenvalue weighted by Gasteiger charge is 2.01. The molecule has 1 N–H and O–H groups in total. The number of pyridine rings is 1. The van der Waals surface area contributed by atoms with Crippen LogP contribution in [0.25, 0.3) is 21.5 Å². The van der Waals surface area contributed by atoms with E-state index in [1.807, 2.05) is 18.5 Å². The van der Waals surface area contributed by atoms with Crippen molar-refractivity contribution >= 4 is 22.4 Å². The zero-order valence-electron chi connectivity index (χ0n) is 7.40. The zero-order valence-corrected chi connectivity index (χ0v) is 8.21. The first-order valence-electron chi connectivity index (χ1n) is 4.40. The lowest BCUT2D eigenvalue weighted by Crippen LogP contribution is -1.77. The predicted molar refractivity (Wildman–Crippen MR) is 59.4 cm³/mol. The van der Waals surface area contributed by atoms with Crippen LogP contribution in [-0.2, 0) is 0 Å². The number of aromatic amines is 1. The maximum absolute atomic E-state index is 4.35. The highest BCUT2D eigenvalue weighted by Crippen LogP contribution is 2.25. The molecule has 0 aliphatic rings. The minimum atomic E-state index is 0.949. The number of nitrogens with one attached hydrogen (secondary N) is 1. The molecule has 3 aromatic heterocycles. The molecule has 3 aromatic rings. The molecule has 3 rings (SSSR count). The third-order valence-electron chi connectivity index (χ3n) is 2.21. The molecule has 3 heterocycles. The number of hydrogen-bond acceptors (Lipinski definition) is 2. The molecule has 0 saturated heterocycles. The van der Waals surface area contributed by atoms with Gasteiger partial charge in [0, 0.05) is 28.2 Å². The second kappa shape index (κ2) is 2.96. The van der Waals surface area contributed by atoms with E-state index in [2.05, 4.69) is 33.5 Å². The Morgan fingerprint density at radius 1 is 1.29 bits per heavy atom. The predicted octanol–water partition coefficient (Wildman–Crippen LogP) is 3.29. The van der Waals surface area contributed by atoms with E-state index in [0.717, 1.165) is 11.0 Å². The van der Waals surface area contributed by atoms with E-state index in [9.17, 15) is 0 Å². The summed E-state index contributed by atoms with van der Waals surface area (Å²) >= 11 is 1.74. The fourth-order valence-corrected chi connectivity index (χ4v) is 2.23. The van der Waals surface area contributed by atoms with E-state index in [1.165, 1.54) is 10.4 Å². The normalized spacial score (nSPS) is 10.9. The van der Waals surface area contributed by atoms with Gasteiger partial charge in [0.25, 0.3) is 0 Å². The Hall–Kier alpha value is -1.61. The lowest BCUT2D eigenvalue weighted by Gasteiger charge is -1.96. The van der Waals surface area contributed by atoms with Gasteiger partial charge in [0.2, 0.25) is 0 Å². The van der Waals surface area contributed by atoms with E-state index in [1.54, 1.807) is 11.3 Å². The summed E-state index contributed by atoms with van der Waals surface area (Å²) in [6.07, 6.45) is 3.82. The van der Waals surface area contributed by atoms with E-state index in [0.29, 0.717) is 0 Å². The second-order valence-electron chi connectivity index (χ2n) is 3.12. The van der Waals surface area contributed by atoms with Crippen LogP contribution in [0.5, 0.6) is 0 Å². The highest BCUT2D eigenvalue weighted by molar-refractivity contribution is 7.13. The molecule has 0 aliphatic heterocycles. The lowest BCUT2D eigenvalue weighted by atomic mass is 10.2. The number of hydrogen-bond donors (Lipinski definition) is 1. The van der Waals surface area contributed by atoms with Crippen molar-refractivity contribution in [3.63, 3.8) is 0 Å². The fraction of sp³-hybridized carbons (Fsp3) is 0. The Bertz CT molecular complexity index is 551. The van der Waals surface area contributed by atoms with Crippen molar-refractivity contribution in [2.75, 3.05) is 0 Å². The topological polar surface area (TPSA) is 28.7 Å². The van der Waals surface area contributed by atoms with Gasteiger partial charge in [-0.25, -0.2) is 4.98 Å². The minimum absolute atomic E-state index is 0.949. The minimum Gasteiger partial charge on any atom is -0.346 e. The number of H-pyrrole nitrogens is 1. The van der Waals surface area contributed by atoms with Gasteiger partial charge in [-0.15, -0.1) is 11.3 Å². The van der Waals surface area contributed by atoms with Gasteiger partial charge in [-0.05, 0) is 23.6 Å². The average Bonchev–Trinajstić information content (AvgIpc) is 2.88. The largest absolute Gasteiger partial charge is 0.346 e. The van der Waals surface area contributed by atoms with Crippen LogP contribution in [-0.4, -0.2) is 9.97 Å². The van der Waals surface area contributed by atoms with Crippen LogP contribution < -0.4 is 0 Å². The van der Waals surface area contributed by atoms with E-state index < -0.39 is 0 Å². The van der Waals surface area contributed by atoms with Crippen molar-refractivity contribution in [1.29, 1.82) is 0 Å². The summed E-state index contributed by atoms with van der Waals surface area (Å²) in [5, 5.41) is 3.24. The molecule has 3 heteroatoms. The molecule has 0 unspecified atom stereocenters. The maximum atomic E-state index is 4.35. The number of fused-ring (bicyclic) bond motifs is 1. The molecule has 14 heavy (non-hydrogen) atoms. The average molecular weight is 200 g/mol. The standard InChI is InChI=1S/C11H8N2S/c1-2-10(14-5-1)9-6-8-3-4-12-11(8)13-7-9/h1-7H,(H,12,13). The van der Waals surface area contributed by atoms with Gasteiger partial charge in [0.05, 0.1) is 0 Å². The van der Waals surface area contributed by atoms with Gasteiger partial charge >= 0.3 is 0 Å². The molecule has 2 nitrogen and oxygen atoms in total. The molecule has 0 aliphatic carbocycles. The van der Waals surface area contributed by atoms with Crippen LogP contribution in [0.2, 0.25) is 0 Å². The molecule has 0 atom stereocenters. The summed E-state index contributed by atoms with van der Waals surface area (Å²) in [6, 6.07) is 8.37. The fourth-order valence-electron chi connectivity index (χ4n) is 1.52. The lowest BCUT2D eigenvalue weighted by molar-refractivity contribution is 1.33. The Balaban J connectivity index is 2.23. The molecular formula is C11H8N2S. The summed E-state index contributed by atoms with van der Waals surface area (Å²) in [7, 11) is 0. The molecule has 0 aromatic carbocycles. The number of thiophene rings is 1. The van der Waals surface area contributed by atoms with Crippen molar-refractivity contribution in [2.24, 2.45) is 0 Å². The number of aromatic nitrogens is 2. The van der Waals surface area contributed by atoms with Gasteiger partial charge < -0.3 is 4.98 Å². The smallest absolute Gasteiger partial charge is 0.137 e. The maximum Gasteiger partial charge on any atom is 0.137 e. The number of nitrogens with zero attached hydrogens (tertiary/aromatic N) is 1. The summed E-state index contributed by atoms with van der Waals surface area (Å²) in [5.41, 5.74) is 2.14. The Kier molecular flexibility index (Phi) is 1.64. The van der Waals surface area contributed by atoms with Gasteiger partial charge in [-0.2, -0.15) is 0 Å². The molecule has 0 fully saturated rings. The van der Waals surface area contributed by atoms with Crippen LogP contribution in [0.3, 0.4) is 0 Å². The summed E-state index contributed by atoms with van der Waals surface area (Å²) in [5.74, 6) is 0. The number of rotatable bonds is 1. The van der Waals surface area contributed by atoms with Gasteiger partial charge in [0.15, 0.2) is 0 Å². The van der Waals surface area contributed by atoms with Gasteiger partial charge in [-0.3, -0.25) is 0 Å². The second-order valence-corrected chi connectivity index (χ2v) is 4.06. The Labute approximate surface area is 85.2 Å². The monoisotopic (exact) mass is 200 g/mol. The van der Waals surface area contributed by atoms with Crippen LogP contribution in [0.1, 0.15) is 0 Å². The third-order valence-corrected chi connectivity index (χ3v) is 3.12. The summed E-state index contributed by atoms with van der Waals surface area (Å²) in [4.78, 5) is 8.70. The molecule has 0 saturated carbocycles. The Morgan fingerprint density at radius 3 is 3.14 bits per heavy atom. The molecule has 0 bridgehead atoms.